The van der Waals surface area contributed by atoms with Gasteiger partial charge in [-0.25, -0.2) is 4.79 Å². The molecule has 0 saturated carbocycles. The normalized spacial score (nSPS) is 10.5. The van der Waals surface area contributed by atoms with Crippen molar-refractivity contribution in [1.29, 1.82) is 0 Å². The lowest BCUT2D eigenvalue weighted by atomic mass is 10.1. The molecule has 6 heteroatoms. The lowest BCUT2D eigenvalue weighted by molar-refractivity contribution is 0.0697. The van der Waals surface area contributed by atoms with E-state index in [1.165, 1.54) is 18.4 Å². The molecule has 1 N–H and O–H groups in total. The first-order chi connectivity index (χ1) is 9.24. The molecule has 0 aliphatic rings. The first kappa shape index (κ1) is 11.2. The van der Waals surface area contributed by atoms with Gasteiger partial charge in [-0.1, -0.05) is 17.3 Å². The average molecular weight is 256 g/mol. The van der Waals surface area contributed by atoms with Gasteiger partial charge in [0.2, 0.25) is 5.82 Å². The zero-order valence-electron chi connectivity index (χ0n) is 9.61. The van der Waals surface area contributed by atoms with Crippen LogP contribution in [-0.2, 0) is 0 Å². The smallest absolute Gasteiger partial charge is 0.335 e. The van der Waals surface area contributed by atoms with Crippen molar-refractivity contribution in [3.8, 4) is 23.0 Å². The van der Waals surface area contributed by atoms with Gasteiger partial charge in [-0.3, -0.25) is 0 Å². The summed E-state index contributed by atoms with van der Waals surface area (Å²) in [5, 5.41) is 12.6. The monoisotopic (exact) mass is 256 g/mol. The Kier molecular flexibility index (Phi) is 2.60. The lowest BCUT2D eigenvalue weighted by Gasteiger charge is -1.95. The van der Waals surface area contributed by atoms with E-state index in [4.69, 9.17) is 14.0 Å². The van der Waals surface area contributed by atoms with Crippen molar-refractivity contribution in [1.82, 2.24) is 10.1 Å². The maximum absolute atomic E-state index is 10.7. The Morgan fingerprint density at radius 2 is 1.95 bits per heavy atom. The topological polar surface area (TPSA) is 89.4 Å². The van der Waals surface area contributed by atoms with E-state index in [2.05, 4.69) is 10.1 Å². The summed E-state index contributed by atoms with van der Waals surface area (Å²) < 4.78 is 10.2. The molecular weight excluding hydrogens is 248 g/mol. The number of hydrogen-bond donors (Lipinski definition) is 1. The average Bonchev–Trinajstić information content (AvgIpc) is 3.10. The van der Waals surface area contributed by atoms with Crippen LogP contribution in [0.2, 0.25) is 0 Å². The molecule has 2 heterocycles. The SMILES string of the molecule is O=C(O)c1ccc(-c2noc(-c3ccco3)n2)cc1. The minimum absolute atomic E-state index is 0.207. The Balaban J connectivity index is 1.92. The molecule has 0 aliphatic heterocycles. The molecule has 0 amide bonds. The van der Waals surface area contributed by atoms with Crippen molar-refractivity contribution < 1.29 is 18.8 Å². The van der Waals surface area contributed by atoms with E-state index in [0.29, 0.717) is 17.1 Å². The van der Waals surface area contributed by atoms with Crippen LogP contribution in [0.5, 0.6) is 0 Å². The van der Waals surface area contributed by atoms with Crippen molar-refractivity contribution in [3.63, 3.8) is 0 Å². The van der Waals surface area contributed by atoms with Gasteiger partial charge < -0.3 is 14.0 Å². The Morgan fingerprint density at radius 3 is 2.58 bits per heavy atom. The maximum Gasteiger partial charge on any atom is 0.335 e. The molecule has 0 saturated heterocycles. The molecule has 0 radical (unpaired) electrons. The molecule has 6 nitrogen and oxygen atoms in total. The van der Waals surface area contributed by atoms with Crippen molar-refractivity contribution in [2.75, 3.05) is 0 Å². The highest BCUT2D eigenvalue weighted by Crippen LogP contribution is 2.22. The molecular formula is C13H8N2O4. The van der Waals surface area contributed by atoms with Crippen LogP contribution in [-0.4, -0.2) is 21.2 Å². The van der Waals surface area contributed by atoms with Crippen molar-refractivity contribution in [2.24, 2.45) is 0 Å². The van der Waals surface area contributed by atoms with Gasteiger partial charge in [-0.2, -0.15) is 4.98 Å². The van der Waals surface area contributed by atoms with E-state index in [-0.39, 0.29) is 11.5 Å². The minimum Gasteiger partial charge on any atom is -0.478 e. The molecule has 0 atom stereocenters. The molecule has 1 aromatic carbocycles. The number of carbonyl (C=O) groups is 1. The maximum atomic E-state index is 10.7. The molecule has 3 aromatic rings. The summed E-state index contributed by atoms with van der Waals surface area (Å²) in [6.07, 6.45) is 1.51. The highest BCUT2D eigenvalue weighted by atomic mass is 16.5. The highest BCUT2D eigenvalue weighted by Gasteiger charge is 2.12. The number of carboxylic acids is 1. The number of carboxylic acid groups (broad SMARTS) is 1. The summed E-state index contributed by atoms with van der Waals surface area (Å²) in [7, 11) is 0. The number of furan rings is 1. The second-order valence-corrected chi connectivity index (χ2v) is 3.78. The summed E-state index contributed by atoms with van der Waals surface area (Å²) in [5.74, 6) is 0.169. The van der Waals surface area contributed by atoms with Crippen LogP contribution in [0.25, 0.3) is 23.0 Å². The molecule has 2 aromatic heterocycles. The predicted octanol–water partition coefficient (Wildman–Crippen LogP) is 2.69. The van der Waals surface area contributed by atoms with Gasteiger partial charge in [0, 0.05) is 5.56 Å². The molecule has 0 unspecified atom stereocenters. The van der Waals surface area contributed by atoms with Crippen LogP contribution in [0.1, 0.15) is 10.4 Å². The van der Waals surface area contributed by atoms with Crippen molar-refractivity contribution in [3.05, 3.63) is 48.2 Å². The zero-order valence-corrected chi connectivity index (χ0v) is 9.61. The number of hydrogen-bond acceptors (Lipinski definition) is 5. The second kappa shape index (κ2) is 4.41. The largest absolute Gasteiger partial charge is 0.478 e. The fraction of sp³-hybridized carbons (Fsp3) is 0. The van der Waals surface area contributed by atoms with E-state index >= 15 is 0 Å². The number of nitrogens with zero attached hydrogens (tertiary/aromatic N) is 2. The Bertz CT molecular complexity index is 699. The number of aromatic nitrogens is 2. The molecule has 0 bridgehead atoms. The van der Waals surface area contributed by atoms with Crippen LogP contribution in [0.4, 0.5) is 0 Å². The molecule has 0 spiro atoms. The van der Waals surface area contributed by atoms with E-state index in [0.717, 1.165) is 0 Å². The predicted molar refractivity (Wildman–Crippen MR) is 64.4 cm³/mol. The number of benzene rings is 1. The summed E-state index contributed by atoms with van der Waals surface area (Å²) in [6.45, 7) is 0. The van der Waals surface area contributed by atoms with Crippen LogP contribution >= 0.6 is 0 Å². The van der Waals surface area contributed by atoms with E-state index in [1.807, 2.05) is 0 Å². The Labute approximate surface area is 107 Å². The van der Waals surface area contributed by atoms with Gasteiger partial charge in [0.25, 0.3) is 5.89 Å². The molecule has 94 valence electrons. The number of rotatable bonds is 3. The van der Waals surface area contributed by atoms with E-state index < -0.39 is 5.97 Å². The van der Waals surface area contributed by atoms with Crippen LogP contribution in [0, 0.1) is 0 Å². The molecule has 0 aliphatic carbocycles. The van der Waals surface area contributed by atoms with Gasteiger partial charge >= 0.3 is 5.97 Å². The quantitative estimate of drug-likeness (QED) is 0.774. The van der Waals surface area contributed by atoms with Gasteiger partial charge in [0.05, 0.1) is 11.8 Å². The third-order valence-electron chi connectivity index (χ3n) is 2.55. The molecule has 3 rings (SSSR count). The summed E-state index contributed by atoms with van der Waals surface area (Å²) >= 11 is 0. The van der Waals surface area contributed by atoms with Gasteiger partial charge in [-0.15, -0.1) is 0 Å². The summed E-state index contributed by atoms with van der Waals surface area (Å²) in [4.78, 5) is 14.9. The standard InChI is InChI=1S/C13H8N2O4/c16-13(17)9-5-3-8(4-6-9)11-14-12(19-15-11)10-2-1-7-18-10/h1-7H,(H,16,17). The second-order valence-electron chi connectivity index (χ2n) is 3.78. The van der Waals surface area contributed by atoms with E-state index in [9.17, 15) is 4.79 Å². The van der Waals surface area contributed by atoms with Crippen LogP contribution in [0.3, 0.4) is 0 Å². The third kappa shape index (κ3) is 2.11. The highest BCUT2D eigenvalue weighted by molar-refractivity contribution is 5.88. The first-order valence-corrected chi connectivity index (χ1v) is 5.45. The summed E-state index contributed by atoms with van der Waals surface area (Å²) in [6, 6.07) is 9.66. The fourth-order valence-electron chi connectivity index (χ4n) is 1.60. The van der Waals surface area contributed by atoms with Crippen molar-refractivity contribution in [2.45, 2.75) is 0 Å². The summed E-state index contributed by atoms with van der Waals surface area (Å²) in [5.41, 5.74) is 0.880. The van der Waals surface area contributed by atoms with Gasteiger partial charge in [0.1, 0.15) is 0 Å². The van der Waals surface area contributed by atoms with Crippen molar-refractivity contribution >= 4 is 5.97 Å². The third-order valence-corrected chi connectivity index (χ3v) is 2.55. The molecule has 19 heavy (non-hydrogen) atoms. The fourth-order valence-corrected chi connectivity index (χ4v) is 1.60. The lowest BCUT2D eigenvalue weighted by Crippen LogP contribution is -1.95. The van der Waals surface area contributed by atoms with Gasteiger partial charge in [0.15, 0.2) is 5.76 Å². The first-order valence-electron chi connectivity index (χ1n) is 5.45. The van der Waals surface area contributed by atoms with E-state index in [1.54, 1.807) is 24.3 Å². The molecule has 0 fully saturated rings. The zero-order chi connectivity index (χ0) is 13.2. The van der Waals surface area contributed by atoms with Crippen LogP contribution in [0.15, 0.2) is 51.6 Å². The van der Waals surface area contributed by atoms with Crippen LogP contribution < -0.4 is 0 Å². The minimum atomic E-state index is -0.976. The Morgan fingerprint density at radius 1 is 1.16 bits per heavy atom. The van der Waals surface area contributed by atoms with Gasteiger partial charge in [-0.05, 0) is 24.3 Å². The Hall–Kier alpha value is -2.89. The number of aromatic carboxylic acids is 1.